The van der Waals surface area contributed by atoms with E-state index < -0.39 is 11.6 Å². The van der Waals surface area contributed by atoms with E-state index in [1.165, 1.54) is 13.0 Å². The number of rotatable bonds is 2. The molecule has 1 aromatic carbocycles. The third-order valence-electron chi connectivity index (χ3n) is 2.20. The summed E-state index contributed by atoms with van der Waals surface area (Å²) in [7, 11) is 0. The number of aryl methyl sites for hydroxylation is 1. The third-order valence-corrected chi connectivity index (χ3v) is 2.20. The topological polar surface area (TPSA) is 83.5 Å². The minimum absolute atomic E-state index is 0.324. The Bertz CT molecular complexity index is 372. The van der Waals surface area contributed by atoms with Crippen LogP contribution >= 0.6 is 0 Å². The van der Waals surface area contributed by atoms with Crippen molar-refractivity contribution in [3.63, 3.8) is 0 Å². The van der Waals surface area contributed by atoms with E-state index in [-0.39, 0.29) is 0 Å². The predicted molar refractivity (Wildman–Crippen MR) is 52.8 cm³/mol. The van der Waals surface area contributed by atoms with E-state index in [4.69, 9.17) is 10.8 Å². The average molecular weight is 195 g/mol. The zero-order valence-corrected chi connectivity index (χ0v) is 8.11. The first-order valence-corrected chi connectivity index (χ1v) is 4.18. The number of hydrogen-bond donors (Lipinski definition) is 3. The molecule has 0 amide bonds. The smallest absolute Gasteiger partial charge is 0.340 e. The van der Waals surface area contributed by atoms with E-state index in [0.29, 0.717) is 16.8 Å². The number of anilines is 1. The molecule has 14 heavy (non-hydrogen) atoms. The normalized spacial score (nSPS) is 14.8. The largest absolute Gasteiger partial charge is 0.479 e. The summed E-state index contributed by atoms with van der Waals surface area (Å²) >= 11 is 0. The number of hydrogen-bond acceptors (Lipinski definition) is 3. The molecular formula is C10H13NO3. The van der Waals surface area contributed by atoms with Crippen LogP contribution < -0.4 is 5.73 Å². The lowest BCUT2D eigenvalue weighted by atomic mass is 9.92. The standard InChI is InChI=1S/C10H13NO3/c1-6-3-4-7(11)5-8(6)10(2,14)9(12)13/h3-5,14H,11H2,1-2H3,(H,12,13). The summed E-state index contributed by atoms with van der Waals surface area (Å²) in [5.74, 6) is -1.29. The Morgan fingerprint density at radius 3 is 2.57 bits per heavy atom. The first kappa shape index (κ1) is 10.5. The molecule has 0 saturated carbocycles. The molecule has 4 N–H and O–H groups in total. The molecule has 1 atom stereocenters. The maximum absolute atomic E-state index is 10.8. The van der Waals surface area contributed by atoms with Crippen molar-refractivity contribution >= 4 is 11.7 Å². The van der Waals surface area contributed by atoms with E-state index in [1.54, 1.807) is 19.1 Å². The van der Waals surface area contributed by atoms with Crippen LogP contribution in [0.4, 0.5) is 5.69 Å². The highest BCUT2D eigenvalue weighted by Gasteiger charge is 2.33. The molecule has 0 aliphatic rings. The summed E-state index contributed by atoms with van der Waals surface area (Å²) in [4.78, 5) is 10.8. The SMILES string of the molecule is Cc1ccc(N)cc1C(C)(O)C(=O)O. The van der Waals surface area contributed by atoms with Gasteiger partial charge in [0.15, 0.2) is 5.60 Å². The lowest BCUT2D eigenvalue weighted by Crippen LogP contribution is -2.32. The van der Waals surface area contributed by atoms with Gasteiger partial charge in [-0.15, -0.1) is 0 Å². The zero-order chi connectivity index (χ0) is 10.9. The van der Waals surface area contributed by atoms with Gasteiger partial charge >= 0.3 is 5.97 Å². The summed E-state index contributed by atoms with van der Waals surface area (Å²) in [5.41, 5.74) is 5.09. The molecule has 0 radical (unpaired) electrons. The number of aliphatic hydroxyl groups is 1. The molecule has 1 aromatic rings. The van der Waals surface area contributed by atoms with Crippen LogP contribution in [0.25, 0.3) is 0 Å². The van der Waals surface area contributed by atoms with E-state index >= 15 is 0 Å². The Balaban J connectivity index is 3.31. The molecule has 1 unspecified atom stereocenters. The molecule has 0 aliphatic heterocycles. The van der Waals surface area contributed by atoms with E-state index in [2.05, 4.69) is 0 Å². The Hall–Kier alpha value is -1.55. The third kappa shape index (κ3) is 1.70. The summed E-state index contributed by atoms with van der Waals surface area (Å²) in [6.07, 6.45) is 0. The molecule has 0 aliphatic carbocycles. The van der Waals surface area contributed by atoms with Crippen LogP contribution in [0.3, 0.4) is 0 Å². The second kappa shape index (κ2) is 3.31. The van der Waals surface area contributed by atoms with Gasteiger partial charge in [0.2, 0.25) is 0 Å². The van der Waals surface area contributed by atoms with Gasteiger partial charge in [0.25, 0.3) is 0 Å². The van der Waals surface area contributed by atoms with Crippen LogP contribution in [-0.2, 0) is 10.4 Å². The lowest BCUT2D eigenvalue weighted by Gasteiger charge is -2.20. The molecule has 0 bridgehead atoms. The van der Waals surface area contributed by atoms with Gasteiger partial charge in [-0.2, -0.15) is 0 Å². The van der Waals surface area contributed by atoms with Crippen molar-refractivity contribution < 1.29 is 15.0 Å². The molecular weight excluding hydrogens is 182 g/mol. The first-order valence-electron chi connectivity index (χ1n) is 4.18. The Labute approximate surface area is 82.0 Å². The van der Waals surface area contributed by atoms with Crippen molar-refractivity contribution in [1.82, 2.24) is 0 Å². The van der Waals surface area contributed by atoms with E-state index in [9.17, 15) is 9.90 Å². The van der Waals surface area contributed by atoms with E-state index in [1.807, 2.05) is 0 Å². The Morgan fingerprint density at radius 2 is 2.07 bits per heavy atom. The fourth-order valence-electron chi connectivity index (χ4n) is 1.28. The van der Waals surface area contributed by atoms with Crippen molar-refractivity contribution in [2.45, 2.75) is 19.4 Å². The second-order valence-electron chi connectivity index (χ2n) is 3.45. The number of carboxylic acids is 1. The van der Waals surface area contributed by atoms with Gasteiger partial charge in [0, 0.05) is 5.69 Å². The van der Waals surface area contributed by atoms with Crippen molar-refractivity contribution in [3.8, 4) is 0 Å². The number of nitrogens with two attached hydrogens (primary N) is 1. The van der Waals surface area contributed by atoms with Gasteiger partial charge < -0.3 is 15.9 Å². The van der Waals surface area contributed by atoms with Crippen LogP contribution in [0.15, 0.2) is 18.2 Å². The van der Waals surface area contributed by atoms with Gasteiger partial charge in [-0.05, 0) is 37.1 Å². The highest BCUT2D eigenvalue weighted by Crippen LogP contribution is 2.26. The molecule has 4 nitrogen and oxygen atoms in total. The van der Waals surface area contributed by atoms with Gasteiger partial charge in [0.05, 0.1) is 0 Å². The molecule has 1 rings (SSSR count). The van der Waals surface area contributed by atoms with Crippen LogP contribution in [0.5, 0.6) is 0 Å². The molecule has 76 valence electrons. The number of carboxylic acid groups (broad SMARTS) is 1. The van der Waals surface area contributed by atoms with Crippen LogP contribution in [0.2, 0.25) is 0 Å². The predicted octanol–water partition coefficient (Wildman–Crippen LogP) is 0.869. The molecule has 4 heteroatoms. The summed E-state index contributed by atoms with van der Waals surface area (Å²) in [6.45, 7) is 2.96. The fourth-order valence-corrected chi connectivity index (χ4v) is 1.28. The quantitative estimate of drug-likeness (QED) is 0.611. The van der Waals surface area contributed by atoms with E-state index in [0.717, 1.165) is 0 Å². The average Bonchev–Trinajstić information content (AvgIpc) is 2.08. The Kier molecular flexibility index (Phi) is 2.49. The van der Waals surface area contributed by atoms with Crippen molar-refractivity contribution in [2.24, 2.45) is 0 Å². The molecule has 0 heterocycles. The van der Waals surface area contributed by atoms with Crippen LogP contribution in [0, 0.1) is 6.92 Å². The summed E-state index contributed by atoms with van der Waals surface area (Å²) in [5, 5.41) is 18.5. The van der Waals surface area contributed by atoms with Gasteiger partial charge in [0.1, 0.15) is 0 Å². The van der Waals surface area contributed by atoms with Gasteiger partial charge in [-0.25, -0.2) is 4.79 Å². The highest BCUT2D eigenvalue weighted by molar-refractivity contribution is 5.79. The fraction of sp³-hybridized carbons (Fsp3) is 0.300. The lowest BCUT2D eigenvalue weighted by molar-refractivity contribution is -0.157. The minimum atomic E-state index is -1.89. The number of aliphatic carboxylic acids is 1. The monoisotopic (exact) mass is 195 g/mol. The molecule has 0 saturated heterocycles. The number of benzene rings is 1. The number of nitrogen functional groups attached to an aromatic ring is 1. The minimum Gasteiger partial charge on any atom is -0.479 e. The summed E-state index contributed by atoms with van der Waals surface area (Å²) < 4.78 is 0. The highest BCUT2D eigenvalue weighted by atomic mass is 16.4. The zero-order valence-electron chi connectivity index (χ0n) is 8.11. The van der Waals surface area contributed by atoms with Gasteiger partial charge in [-0.3, -0.25) is 0 Å². The molecule has 0 aromatic heterocycles. The van der Waals surface area contributed by atoms with Crippen molar-refractivity contribution in [2.75, 3.05) is 5.73 Å². The maximum atomic E-state index is 10.8. The maximum Gasteiger partial charge on any atom is 0.340 e. The summed E-state index contributed by atoms with van der Waals surface area (Å²) in [6, 6.07) is 4.82. The first-order chi connectivity index (χ1) is 6.35. The van der Waals surface area contributed by atoms with Crippen molar-refractivity contribution in [1.29, 1.82) is 0 Å². The molecule has 0 spiro atoms. The van der Waals surface area contributed by atoms with Crippen LogP contribution in [0.1, 0.15) is 18.1 Å². The second-order valence-corrected chi connectivity index (χ2v) is 3.45. The number of carbonyl (C=O) groups is 1. The molecule has 0 fully saturated rings. The Morgan fingerprint density at radius 1 is 1.50 bits per heavy atom. The van der Waals surface area contributed by atoms with Gasteiger partial charge in [-0.1, -0.05) is 6.07 Å². The van der Waals surface area contributed by atoms with Crippen LogP contribution in [-0.4, -0.2) is 16.2 Å². The van der Waals surface area contributed by atoms with Crippen molar-refractivity contribution in [3.05, 3.63) is 29.3 Å².